The monoisotopic (exact) mass is 406 g/mol. The first-order valence-corrected chi connectivity index (χ1v) is 10.5. The van der Waals surface area contributed by atoms with E-state index in [-0.39, 0.29) is 42.5 Å². The van der Waals surface area contributed by atoms with Crippen LogP contribution in [-0.4, -0.2) is 60.3 Å². The van der Waals surface area contributed by atoms with Gasteiger partial charge in [0, 0.05) is 62.1 Å². The molecule has 29 heavy (non-hydrogen) atoms. The first-order chi connectivity index (χ1) is 14.0. The number of alkyl halides is 2. The van der Waals surface area contributed by atoms with Crippen LogP contribution in [0, 0.1) is 17.8 Å². The van der Waals surface area contributed by atoms with Crippen molar-refractivity contribution in [2.24, 2.45) is 17.8 Å². The third kappa shape index (κ3) is 4.51. The van der Waals surface area contributed by atoms with Gasteiger partial charge in [0.25, 0.3) is 0 Å². The fourth-order valence-corrected chi connectivity index (χ4v) is 4.65. The van der Waals surface area contributed by atoms with Crippen molar-refractivity contribution in [3.8, 4) is 0 Å². The van der Waals surface area contributed by atoms with E-state index < -0.39 is 12.3 Å². The predicted octanol–water partition coefficient (Wildman–Crippen LogP) is 2.31. The molecule has 158 valence electrons. The van der Waals surface area contributed by atoms with Crippen molar-refractivity contribution in [3.63, 3.8) is 0 Å². The summed E-state index contributed by atoms with van der Waals surface area (Å²) in [6.07, 6.45) is 4.09. The smallest absolute Gasteiger partial charge is 0.241 e. The third-order valence-corrected chi connectivity index (χ3v) is 6.62. The number of carbonyl (C=O) groups excluding carboxylic acids is 2. The minimum atomic E-state index is -2.32. The van der Waals surface area contributed by atoms with Gasteiger partial charge in [0.05, 0.1) is 5.92 Å². The van der Waals surface area contributed by atoms with Crippen LogP contribution in [0.5, 0.6) is 0 Å². The Morgan fingerprint density at radius 2 is 1.72 bits per heavy atom. The molecule has 1 saturated carbocycles. The number of nitrogens with one attached hydrogen (secondary N) is 1. The molecule has 1 unspecified atom stereocenters. The molecule has 1 N–H and O–H groups in total. The van der Waals surface area contributed by atoms with E-state index in [0.717, 1.165) is 38.0 Å². The highest BCUT2D eigenvalue weighted by atomic mass is 19.3. The van der Waals surface area contributed by atoms with Crippen molar-refractivity contribution < 1.29 is 18.4 Å². The number of pyridine rings is 1. The molecule has 8 heteroatoms. The van der Waals surface area contributed by atoms with Crippen molar-refractivity contribution in [1.29, 1.82) is 0 Å². The van der Waals surface area contributed by atoms with E-state index in [1.165, 1.54) is 0 Å². The molecule has 0 spiro atoms. The molecule has 0 aromatic carbocycles. The molecule has 2 aliphatic heterocycles. The Balaban J connectivity index is 1.20. The van der Waals surface area contributed by atoms with E-state index in [4.69, 9.17) is 0 Å². The Bertz CT molecular complexity index is 719. The molecular formula is C21H28F2N4O2. The van der Waals surface area contributed by atoms with E-state index >= 15 is 0 Å². The number of hydrogen-bond acceptors (Lipinski definition) is 4. The molecule has 6 nitrogen and oxygen atoms in total. The van der Waals surface area contributed by atoms with Crippen LogP contribution in [0.1, 0.15) is 32.1 Å². The van der Waals surface area contributed by atoms with Gasteiger partial charge >= 0.3 is 0 Å². The molecule has 0 bridgehead atoms. The summed E-state index contributed by atoms with van der Waals surface area (Å²) in [5, 5.41) is 3.00. The summed E-state index contributed by atoms with van der Waals surface area (Å²) in [6.45, 7) is 2.88. The second kappa shape index (κ2) is 8.63. The molecule has 3 heterocycles. The van der Waals surface area contributed by atoms with Crippen molar-refractivity contribution in [1.82, 2.24) is 15.2 Å². The van der Waals surface area contributed by atoms with Gasteiger partial charge in [-0.25, -0.2) is 8.78 Å². The van der Waals surface area contributed by atoms with Crippen molar-refractivity contribution >= 4 is 17.5 Å². The zero-order chi connectivity index (χ0) is 20.4. The highest BCUT2D eigenvalue weighted by Gasteiger charge is 2.40. The topological polar surface area (TPSA) is 65.5 Å². The quantitative estimate of drug-likeness (QED) is 0.815. The summed E-state index contributed by atoms with van der Waals surface area (Å²) in [4.78, 5) is 33.3. The third-order valence-electron chi connectivity index (χ3n) is 6.62. The maximum atomic E-state index is 12.9. The van der Waals surface area contributed by atoms with E-state index in [0.29, 0.717) is 13.1 Å². The molecule has 1 aliphatic carbocycles. The second-order valence-electron chi connectivity index (χ2n) is 8.51. The van der Waals surface area contributed by atoms with Crippen LogP contribution in [-0.2, 0) is 9.59 Å². The molecule has 3 aliphatic rings. The minimum absolute atomic E-state index is 0.00978. The SMILES string of the molecule is O=C(NC1CCN(C(=O)C2CCN(c3ccncc3)C2)CC1)C1CC(C(F)F)C1. The van der Waals surface area contributed by atoms with E-state index in [9.17, 15) is 18.4 Å². The van der Waals surface area contributed by atoms with Gasteiger partial charge in [-0.3, -0.25) is 14.6 Å². The molecule has 2 amide bonds. The number of aromatic nitrogens is 1. The largest absolute Gasteiger partial charge is 0.371 e. The minimum Gasteiger partial charge on any atom is -0.371 e. The standard InChI is InChI=1S/C21H28F2N4O2/c22-19(23)15-11-16(12-15)20(28)25-17-4-9-26(10-5-17)21(29)14-3-8-27(13-14)18-1-6-24-7-2-18/h1-2,6-7,14-17,19H,3-5,8-13H2,(H,25,28). The van der Waals surface area contributed by atoms with Gasteiger partial charge in [-0.05, 0) is 44.2 Å². The van der Waals surface area contributed by atoms with Crippen molar-refractivity contribution in [2.45, 2.75) is 44.6 Å². The highest BCUT2D eigenvalue weighted by molar-refractivity contribution is 5.81. The molecule has 0 radical (unpaired) electrons. The summed E-state index contributed by atoms with van der Waals surface area (Å²) in [6, 6.07) is 3.97. The number of hydrogen-bond donors (Lipinski definition) is 1. The lowest BCUT2D eigenvalue weighted by Gasteiger charge is -2.37. The molecule has 2 saturated heterocycles. The van der Waals surface area contributed by atoms with Gasteiger partial charge in [-0.15, -0.1) is 0 Å². The Morgan fingerprint density at radius 3 is 2.38 bits per heavy atom. The maximum absolute atomic E-state index is 12.9. The average Bonchev–Trinajstić information content (AvgIpc) is 3.17. The Kier molecular flexibility index (Phi) is 5.96. The molecular weight excluding hydrogens is 378 g/mol. The summed E-state index contributed by atoms with van der Waals surface area (Å²) in [5.41, 5.74) is 1.10. The van der Waals surface area contributed by atoms with Crippen molar-refractivity contribution in [3.05, 3.63) is 24.5 Å². The summed E-state index contributed by atoms with van der Waals surface area (Å²) in [7, 11) is 0. The second-order valence-corrected chi connectivity index (χ2v) is 8.51. The molecule has 3 fully saturated rings. The zero-order valence-corrected chi connectivity index (χ0v) is 16.5. The number of nitrogens with zero attached hydrogens (tertiary/aromatic N) is 3. The Hall–Kier alpha value is -2.25. The van der Waals surface area contributed by atoms with Crippen LogP contribution in [0.2, 0.25) is 0 Å². The number of anilines is 1. The van der Waals surface area contributed by atoms with Crippen LogP contribution in [0.15, 0.2) is 24.5 Å². The Morgan fingerprint density at radius 1 is 1.03 bits per heavy atom. The molecule has 1 atom stereocenters. The van der Waals surface area contributed by atoms with Crippen LogP contribution in [0.25, 0.3) is 0 Å². The van der Waals surface area contributed by atoms with Gasteiger partial charge in [0.15, 0.2) is 0 Å². The molecule has 4 rings (SSSR count). The fraction of sp³-hybridized carbons (Fsp3) is 0.667. The number of rotatable bonds is 5. The lowest BCUT2D eigenvalue weighted by molar-refractivity contribution is -0.136. The number of halogens is 2. The summed E-state index contributed by atoms with van der Waals surface area (Å²) >= 11 is 0. The lowest BCUT2D eigenvalue weighted by Crippen LogP contribution is -2.50. The average molecular weight is 406 g/mol. The van der Waals surface area contributed by atoms with Gasteiger partial charge in [-0.2, -0.15) is 0 Å². The van der Waals surface area contributed by atoms with Crippen LogP contribution in [0.4, 0.5) is 14.5 Å². The zero-order valence-electron chi connectivity index (χ0n) is 16.5. The number of likely N-dealkylation sites (tertiary alicyclic amines) is 1. The first kappa shape index (κ1) is 20.0. The van der Waals surface area contributed by atoms with Gasteiger partial charge in [0.2, 0.25) is 18.2 Å². The number of amides is 2. The van der Waals surface area contributed by atoms with E-state index in [1.54, 1.807) is 12.4 Å². The van der Waals surface area contributed by atoms with Crippen LogP contribution in [0.3, 0.4) is 0 Å². The van der Waals surface area contributed by atoms with Crippen LogP contribution >= 0.6 is 0 Å². The fourth-order valence-electron chi connectivity index (χ4n) is 4.65. The van der Waals surface area contributed by atoms with E-state index in [2.05, 4.69) is 15.2 Å². The number of piperidine rings is 1. The number of carbonyl (C=O) groups is 2. The predicted molar refractivity (Wildman–Crippen MR) is 105 cm³/mol. The summed E-state index contributed by atoms with van der Waals surface area (Å²) in [5.74, 6) is -0.786. The van der Waals surface area contributed by atoms with Gasteiger partial charge < -0.3 is 15.1 Å². The van der Waals surface area contributed by atoms with E-state index in [1.807, 2.05) is 17.0 Å². The molecule has 1 aromatic heterocycles. The van der Waals surface area contributed by atoms with Crippen LogP contribution < -0.4 is 10.2 Å². The van der Waals surface area contributed by atoms with Crippen molar-refractivity contribution in [2.75, 3.05) is 31.1 Å². The van der Waals surface area contributed by atoms with Gasteiger partial charge in [0.1, 0.15) is 0 Å². The van der Waals surface area contributed by atoms with Gasteiger partial charge in [-0.1, -0.05) is 0 Å². The molecule has 1 aromatic rings. The highest BCUT2D eigenvalue weighted by Crippen LogP contribution is 2.38. The normalized spacial score (nSPS) is 27.8. The summed E-state index contributed by atoms with van der Waals surface area (Å²) < 4.78 is 25.1. The first-order valence-electron chi connectivity index (χ1n) is 10.5. The lowest BCUT2D eigenvalue weighted by atomic mass is 9.74. The Labute approximate surface area is 169 Å². The maximum Gasteiger partial charge on any atom is 0.241 e.